The van der Waals surface area contributed by atoms with Gasteiger partial charge in [0.05, 0.1) is 10.5 Å². The monoisotopic (exact) mass is 484 g/mol. The van der Waals surface area contributed by atoms with Crippen molar-refractivity contribution in [3.8, 4) is 0 Å². The van der Waals surface area contributed by atoms with Gasteiger partial charge in [0.25, 0.3) is 5.91 Å². The number of benzene rings is 2. The third kappa shape index (κ3) is 6.04. The fourth-order valence-electron chi connectivity index (χ4n) is 4.31. The molecule has 2 aromatic rings. The molecule has 1 saturated carbocycles. The van der Waals surface area contributed by atoms with Crippen molar-refractivity contribution in [3.05, 3.63) is 65.2 Å². The number of hydrogen-bond donors (Lipinski definition) is 1. The average Bonchev–Trinajstić information content (AvgIpc) is 3.63. The summed E-state index contributed by atoms with van der Waals surface area (Å²) in [6, 6.07) is 14.7. The topological polar surface area (TPSA) is 92.8 Å². The van der Waals surface area contributed by atoms with Crippen LogP contribution in [0.15, 0.2) is 53.4 Å². The SMILES string of the molecule is Cc1ccc(S(=O)(=O)NC2CC2)cc1C(=O)OC(C)C(=O)N1CCC(Cc2ccccc2)CC1. The van der Waals surface area contributed by atoms with Gasteiger partial charge >= 0.3 is 5.97 Å². The fourth-order valence-corrected chi connectivity index (χ4v) is 5.64. The lowest BCUT2D eigenvalue weighted by Crippen LogP contribution is -2.44. The first-order valence-corrected chi connectivity index (χ1v) is 13.4. The maximum absolute atomic E-state index is 12.9. The zero-order valence-electron chi connectivity index (χ0n) is 19.7. The average molecular weight is 485 g/mol. The molecule has 1 unspecified atom stereocenters. The molecule has 1 heterocycles. The van der Waals surface area contributed by atoms with E-state index in [0.717, 1.165) is 32.1 Å². The second-order valence-electron chi connectivity index (χ2n) is 9.38. The summed E-state index contributed by atoms with van der Waals surface area (Å²) in [7, 11) is -3.69. The second-order valence-corrected chi connectivity index (χ2v) is 11.1. The van der Waals surface area contributed by atoms with Crippen LogP contribution in [0.5, 0.6) is 0 Å². The Hall–Kier alpha value is -2.71. The molecule has 1 aliphatic carbocycles. The van der Waals surface area contributed by atoms with E-state index in [9.17, 15) is 18.0 Å². The van der Waals surface area contributed by atoms with E-state index in [4.69, 9.17) is 4.74 Å². The Labute approximate surface area is 201 Å². The van der Waals surface area contributed by atoms with E-state index < -0.39 is 22.1 Å². The number of carbonyl (C=O) groups is 2. The zero-order valence-corrected chi connectivity index (χ0v) is 20.5. The van der Waals surface area contributed by atoms with Crippen molar-refractivity contribution in [2.24, 2.45) is 5.92 Å². The standard InChI is InChI=1S/C26H32N2O5S/c1-18-8-11-23(34(31,32)27-22-9-10-22)17-24(18)26(30)33-19(2)25(29)28-14-12-21(13-15-28)16-20-6-4-3-5-7-20/h3-8,11,17,19,21-22,27H,9-10,12-16H2,1-2H3. The van der Waals surface area contributed by atoms with Crippen molar-refractivity contribution in [2.75, 3.05) is 13.1 Å². The molecule has 34 heavy (non-hydrogen) atoms. The highest BCUT2D eigenvalue weighted by atomic mass is 32.2. The van der Waals surface area contributed by atoms with Gasteiger partial charge < -0.3 is 9.64 Å². The Morgan fingerprint density at radius 2 is 1.74 bits per heavy atom. The Kier molecular flexibility index (Phi) is 7.38. The summed E-state index contributed by atoms with van der Waals surface area (Å²) in [6.45, 7) is 4.56. The molecule has 1 N–H and O–H groups in total. The van der Waals surface area contributed by atoms with Crippen molar-refractivity contribution in [2.45, 2.75) is 63.0 Å². The van der Waals surface area contributed by atoms with Gasteiger partial charge in [0.1, 0.15) is 0 Å². The Morgan fingerprint density at radius 1 is 1.06 bits per heavy atom. The largest absolute Gasteiger partial charge is 0.449 e. The second kappa shape index (κ2) is 10.3. The summed E-state index contributed by atoms with van der Waals surface area (Å²) in [5.41, 5.74) is 2.05. The fraction of sp³-hybridized carbons (Fsp3) is 0.462. The van der Waals surface area contributed by atoms with E-state index in [1.165, 1.54) is 17.7 Å². The molecular formula is C26H32N2O5S. The number of esters is 1. The summed E-state index contributed by atoms with van der Waals surface area (Å²) < 4.78 is 33.1. The minimum atomic E-state index is -3.69. The molecule has 1 atom stereocenters. The van der Waals surface area contributed by atoms with Crippen LogP contribution in [0.2, 0.25) is 0 Å². The van der Waals surface area contributed by atoms with E-state index in [2.05, 4.69) is 16.9 Å². The molecule has 8 heteroatoms. The number of aryl methyl sites for hydroxylation is 1. The highest BCUT2D eigenvalue weighted by Gasteiger charge is 2.31. The molecule has 0 spiro atoms. The smallest absolute Gasteiger partial charge is 0.339 e. The lowest BCUT2D eigenvalue weighted by Gasteiger charge is -2.33. The van der Waals surface area contributed by atoms with E-state index >= 15 is 0 Å². The number of nitrogens with one attached hydrogen (secondary N) is 1. The highest BCUT2D eigenvalue weighted by molar-refractivity contribution is 7.89. The predicted molar refractivity (Wildman–Crippen MR) is 129 cm³/mol. The van der Waals surface area contributed by atoms with Crippen LogP contribution in [-0.4, -0.2) is 50.4 Å². The molecule has 7 nitrogen and oxygen atoms in total. The summed E-state index contributed by atoms with van der Waals surface area (Å²) in [6.07, 6.45) is 3.53. The van der Waals surface area contributed by atoms with Crippen LogP contribution in [-0.2, 0) is 26.0 Å². The van der Waals surface area contributed by atoms with Gasteiger partial charge in [0, 0.05) is 19.1 Å². The van der Waals surface area contributed by atoms with Gasteiger partial charge in [0.15, 0.2) is 6.10 Å². The van der Waals surface area contributed by atoms with Crippen LogP contribution in [0.25, 0.3) is 0 Å². The lowest BCUT2D eigenvalue weighted by atomic mass is 9.90. The number of ether oxygens (including phenoxy) is 1. The van der Waals surface area contributed by atoms with Crippen molar-refractivity contribution < 1.29 is 22.7 Å². The number of nitrogens with zero attached hydrogens (tertiary/aromatic N) is 1. The summed E-state index contributed by atoms with van der Waals surface area (Å²) in [5.74, 6) is -0.384. The first-order valence-electron chi connectivity index (χ1n) is 11.9. The minimum Gasteiger partial charge on any atom is -0.449 e. The van der Waals surface area contributed by atoms with Crippen molar-refractivity contribution in [1.82, 2.24) is 9.62 Å². The third-order valence-electron chi connectivity index (χ3n) is 6.56. The van der Waals surface area contributed by atoms with E-state index in [1.807, 2.05) is 18.2 Å². The van der Waals surface area contributed by atoms with E-state index in [1.54, 1.807) is 24.8 Å². The van der Waals surface area contributed by atoms with Gasteiger partial charge in [-0.15, -0.1) is 0 Å². The molecule has 182 valence electrons. The molecule has 1 aliphatic heterocycles. The van der Waals surface area contributed by atoms with E-state index in [-0.39, 0.29) is 22.4 Å². The number of sulfonamides is 1. The van der Waals surface area contributed by atoms with Crippen molar-refractivity contribution in [3.63, 3.8) is 0 Å². The minimum absolute atomic E-state index is 0.0245. The van der Waals surface area contributed by atoms with Crippen molar-refractivity contribution >= 4 is 21.9 Å². The predicted octanol–water partition coefficient (Wildman–Crippen LogP) is 3.46. The van der Waals surface area contributed by atoms with Crippen molar-refractivity contribution in [1.29, 1.82) is 0 Å². The van der Waals surface area contributed by atoms with Crippen LogP contribution in [0.3, 0.4) is 0 Å². The number of piperidine rings is 1. The maximum atomic E-state index is 12.9. The number of amides is 1. The number of carbonyl (C=O) groups excluding carboxylic acids is 2. The normalized spacial score (nSPS) is 17.9. The molecule has 0 aromatic heterocycles. The number of likely N-dealkylation sites (tertiary alicyclic amines) is 1. The van der Waals surface area contributed by atoms with Gasteiger partial charge in [0.2, 0.25) is 10.0 Å². The van der Waals surface area contributed by atoms with Gasteiger partial charge in [-0.1, -0.05) is 36.4 Å². The van der Waals surface area contributed by atoms with Crippen LogP contribution in [0, 0.1) is 12.8 Å². The van der Waals surface area contributed by atoms with Gasteiger partial charge in [-0.05, 0) is 75.1 Å². The Bertz CT molecular complexity index is 1140. The van der Waals surface area contributed by atoms with Crippen LogP contribution < -0.4 is 4.72 Å². The first kappa shape index (κ1) is 24.4. The highest BCUT2D eigenvalue weighted by Crippen LogP contribution is 2.25. The molecule has 2 aliphatic rings. The molecule has 2 fully saturated rings. The molecule has 0 bridgehead atoms. The van der Waals surface area contributed by atoms with Gasteiger partial charge in [-0.3, -0.25) is 4.79 Å². The number of hydrogen-bond acceptors (Lipinski definition) is 5. The quantitative estimate of drug-likeness (QED) is 0.580. The third-order valence-corrected chi connectivity index (χ3v) is 8.08. The maximum Gasteiger partial charge on any atom is 0.339 e. The molecular weight excluding hydrogens is 452 g/mol. The molecule has 0 radical (unpaired) electrons. The van der Waals surface area contributed by atoms with E-state index in [0.29, 0.717) is 24.6 Å². The molecule has 1 saturated heterocycles. The Morgan fingerprint density at radius 3 is 2.38 bits per heavy atom. The van der Waals surface area contributed by atoms with Crippen LogP contribution in [0.4, 0.5) is 0 Å². The van der Waals surface area contributed by atoms with Crippen LogP contribution in [0.1, 0.15) is 54.1 Å². The molecule has 2 aromatic carbocycles. The molecule has 4 rings (SSSR count). The summed E-state index contributed by atoms with van der Waals surface area (Å²) in [4.78, 5) is 27.5. The first-order chi connectivity index (χ1) is 16.2. The Balaban J connectivity index is 1.33. The summed E-state index contributed by atoms with van der Waals surface area (Å²) in [5, 5.41) is 0. The lowest BCUT2D eigenvalue weighted by molar-refractivity contribution is -0.141. The summed E-state index contributed by atoms with van der Waals surface area (Å²) >= 11 is 0. The van der Waals surface area contributed by atoms with Crippen LogP contribution >= 0.6 is 0 Å². The number of rotatable bonds is 8. The van der Waals surface area contributed by atoms with Gasteiger partial charge in [-0.25, -0.2) is 17.9 Å². The van der Waals surface area contributed by atoms with Gasteiger partial charge in [-0.2, -0.15) is 0 Å². The molecule has 1 amide bonds. The zero-order chi connectivity index (χ0) is 24.3.